The minimum Gasteiger partial charge on any atom is -0.258 e. The molecule has 1 aromatic carbocycles. The summed E-state index contributed by atoms with van der Waals surface area (Å²) < 4.78 is 0. The van der Waals surface area contributed by atoms with Crippen LogP contribution in [0.25, 0.3) is 11.3 Å². The van der Waals surface area contributed by atoms with Crippen LogP contribution in [0, 0.1) is 17.0 Å². The molecule has 2 rings (SSSR count). The van der Waals surface area contributed by atoms with E-state index in [9.17, 15) is 10.1 Å². The van der Waals surface area contributed by atoms with E-state index in [-0.39, 0.29) is 5.69 Å². The topological polar surface area (TPSA) is 68.9 Å². The summed E-state index contributed by atoms with van der Waals surface area (Å²) in [4.78, 5) is 19.1. The largest absolute Gasteiger partial charge is 0.270 e. The van der Waals surface area contributed by atoms with E-state index in [2.05, 4.69) is 9.97 Å². The number of non-ortho nitro benzene ring substituents is 1. The monoisotopic (exact) mass is 291 g/mol. The number of aryl methyl sites for hydroxylation is 1. The van der Waals surface area contributed by atoms with Crippen molar-refractivity contribution in [1.29, 1.82) is 0 Å². The van der Waals surface area contributed by atoms with Gasteiger partial charge in [0.25, 0.3) is 5.69 Å². The fraction of sp³-hybridized carbons (Fsp3) is 0.286. The maximum atomic E-state index is 10.9. The van der Waals surface area contributed by atoms with Gasteiger partial charge in [0, 0.05) is 29.7 Å². The first-order valence-electron chi connectivity index (χ1n) is 6.30. The Morgan fingerprint density at radius 3 is 2.75 bits per heavy atom. The highest BCUT2D eigenvalue weighted by atomic mass is 35.5. The van der Waals surface area contributed by atoms with Crippen LogP contribution in [-0.4, -0.2) is 14.9 Å². The van der Waals surface area contributed by atoms with Crippen LogP contribution in [0.5, 0.6) is 0 Å². The van der Waals surface area contributed by atoms with Gasteiger partial charge < -0.3 is 0 Å². The van der Waals surface area contributed by atoms with Gasteiger partial charge >= 0.3 is 0 Å². The van der Waals surface area contributed by atoms with E-state index in [4.69, 9.17) is 11.6 Å². The smallest absolute Gasteiger partial charge is 0.258 e. The first-order chi connectivity index (χ1) is 9.52. The van der Waals surface area contributed by atoms with E-state index < -0.39 is 4.92 Å². The van der Waals surface area contributed by atoms with Crippen molar-refractivity contribution in [1.82, 2.24) is 9.97 Å². The van der Waals surface area contributed by atoms with Crippen molar-refractivity contribution in [3.05, 3.63) is 50.9 Å². The summed E-state index contributed by atoms with van der Waals surface area (Å²) in [5.74, 6) is 0.657. The number of hydrogen-bond donors (Lipinski definition) is 0. The molecule has 1 aromatic heterocycles. The molecule has 0 aliphatic carbocycles. The molecule has 0 bridgehead atoms. The fourth-order valence-electron chi connectivity index (χ4n) is 1.92. The van der Waals surface area contributed by atoms with E-state index in [0.717, 1.165) is 18.4 Å². The lowest BCUT2D eigenvalue weighted by Gasteiger charge is -2.09. The van der Waals surface area contributed by atoms with Gasteiger partial charge in [-0.2, -0.15) is 0 Å². The first-order valence-corrected chi connectivity index (χ1v) is 6.68. The molecular weight excluding hydrogens is 278 g/mol. The summed E-state index contributed by atoms with van der Waals surface area (Å²) in [6.45, 7) is 3.84. The second kappa shape index (κ2) is 5.96. The summed E-state index contributed by atoms with van der Waals surface area (Å²) >= 11 is 6.12. The standard InChI is InChI=1S/C14H14ClN3O2/c1-3-5-12-16-13(9(2)14(15)17-12)10-6-4-7-11(8-10)18(19)20/h4,6-8H,3,5H2,1-2H3. The fourth-order valence-corrected chi connectivity index (χ4v) is 2.10. The molecule has 2 aromatic rings. The lowest BCUT2D eigenvalue weighted by Crippen LogP contribution is -2.01. The molecule has 0 radical (unpaired) electrons. The molecule has 0 N–H and O–H groups in total. The van der Waals surface area contributed by atoms with Gasteiger partial charge in [-0.3, -0.25) is 10.1 Å². The van der Waals surface area contributed by atoms with Crippen molar-refractivity contribution in [2.75, 3.05) is 0 Å². The van der Waals surface area contributed by atoms with Gasteiger partial charge in [0.05, 0.1) is 10.6 Å². The van der Waals surface area contributed by atoms with Gasteiger partial charge in [0.15, 0.2) is 0 Å². The van der Waals surface area contributed by atoms with Gasteiger partial charge in [0.1, 0.15) is 11.0 Å². The van der Waals surface area contributed by atoms with Crippen LogP contribution in [0.15, 0.2) is 24.3 Å². The summed E-state index contributed by atoms with van der Waals surface area (Å²) in [6.07, 6.45) is 1.63. The lowest BCUT2D eigenvalue weighted by atomic mass is 10.1. The Morgan fingerprint density at radius 2 is 2.10 bits per heavy atom. The normalized spacial score (nSPS) is 10.6. The first kappa shape index (κ1) is 14.4. The van der Waals surface area contributed by atoms with Crippen LogP contribution in [0.2, 0.25) is 5.15 Å². The second-order valence-electron chi connectivity index (χ2n) is 4.46. The third-order valence-corrected chi connectivity index (χ3v) is 3.30. The zero-order valence-electron chi connectivity index (χ0n) is 11.3. The lowest BCUT2D eigenvalue weighted by molar-refractivity contribution is -0.384. The molecule has 5 nitrogen and oxygen atoms in total. The number of nitro benzene ring substituents is 1. The van der Waals surface area contributed by atoms with Crippen LogP contribution in [0.4, 0.5) is 5.69 Å². The Labute approximate surface area is 121 Å². The number of hydrogen-bond acceptors (Lipinski definition) is 4. The summed E-state index contributed by atoms with van der Waals surface area (Å²) in [5.41, 5.74) is 2.09. The van der Waals surface area contributed by atoms with Crippen molar-refractivity contribution in [2.45, 2.75) is 26.7 Å². The van der Waals surface area contributed by atoms with Crippen molar-refractivity contribution in [3.8, 4) is 11.3 Å². The van der Waals surface area contributed by atoms with Crippen LogP contribution in [0.3, 0.4) is 0 Å². The van der Waals surface area contributed by atoms with E-state index in [1.165, 1.54) is 12.1 Å². The number of aromatic nitrogens is 2. The summed E-state index contributed by atoms with van der Waals surface area (Å²) in [6, 6.07) is 6.38. The van der Waals surface area contributed by atoms with Crippen LogP contribution >= 0.6 is 11.6 Å². The molecular formula is C14H14ClN3O2. The number of halogens is 1. The number of nitrogens with zero attached hydrogens (tertiary/aromatic N) is 3. The molecule has 104 valence electrons. The molecule has 0 saturated heterocycles. The zero-order chi connectivity index (χ0) is 14.7. The zero-order valence-corrected chi connectivity index (χ0v) is 12.0. The molecule has 0 aliphatic heterocycles. The van der Waals surface area contributed by atoms with Crippen molar-refractivity contribution in [3.63, 3.8) is 0 Å². The average molecular weight is 292 g/mol. The number of benzene rings is 1. The Bertz CT molecular complexity index is 659. The third-order valence-electron chi connectivity index (χ3n) is 2.94. The van der Waals surface area contributed by atoms with Crippen molar-refractivity contribution in [2.24, 2.45) is 0 Å². The SMILES string of the molecule is CCCc1nc(Cl)c(C)c(-c2cccc([N+](=O)[O-])c2)n1. The minimum atomic E-state index is -0.422. The van der Waals surface area contributed by atoms with Crippen LogP contribution < -0.4 is 0 Å². The molecule has 0 saturated carbocycles. The molecule has 0 atom stereocenters. The highest BCUT2D eigenvalue weighted by Crippen LogP contribution is 2.28. The van der Waals surface area contributed by atoms with E-state index in [1.807, 2.05) is 13.8 Å². The van der Waals surface area contributed by atoms with Crippen LogP contribution in [0.1, 0.15) is 24.7 Å². The predicted molar refractivity (Wildman–Crippen MR) is 77.9 cm³/mol. The molecule has 0 aliphatic rings. The summed E-state index contributed by atoms with van der Waals surface area (Å²) in [7, 11) is 0. The number of nitro groups is 1. The van der Waals surface area contributed by atoms with Crippen LogP contribution in [-0.2, 0) is 6.42 Å². The van der Waals surface area contributed by atoms with Gasteiger partial charge in [-0.15, -0.1) is 0 Å². The summed E-state index contributed by atoms with van der Waals surface area (Å²) in [5, 5.41) is 11.2. The molecule has 0 amide bonds. The minimum absolute atomic E-state index is 0.0358. The Hall–Kier alpha value is -2.01. The molecule has 0 spiro atoms. The molecule has 20 heavy (non-hydrogen) atoms. The highest BCUT2D eigenvalue weighted by molar-refractivity contribution is 6.30. The predicted octanol–water partition coefficient (Wildman–Crippen LogP) is 3.97. The maximum Gasteiger partial charge on any atom is 0.270 e. The van der Waals surface area contributed by atoms with Gasteiger partial charge in [-0.25, -0.2) is 9.97 Å². The Morgan fingerprint density at radius 1 is 1.35 bits per heavy atom. The van der Waals surface area contributed by atoms with E-state index in [0.29, 0.717) is 22.2 Å². The number of rotatable bonds is 4. The Balaban J connectivity index is 2.56. The van der Waals surface area contributed by atoms with Gasteiger partial charge in [-0.05, 0) is 13.3 Å². The molecule has 0 fully saturated rings. The molecule has 6 heteroatoms. The third kappa shape index (κ3) is 2.93. The van der Waals surface area contributed by atoms with Gasteiger partial charge in [0.2, 0.25) is 0 Å². The van der Waals surface area contributed by atoms with Crippen molar-refractivity contribution >= 4 is 17.3 Å². The highest BCUT2D eigenvalue weighted by Gasteiger charge is 2.14. The van der Waals surface area contributed by atoms with Crippen molar-refractivity contribution < 1.29 is 4.92 Å². The molecule has 0 unspecified atom stereocenters. The van der Waals surface area contributed by atoms with Gasteiger partial charge in [-0.1, -0.05) is 30.7 Å². The van der Waals surface area contributed by atoms with E-state index in [1.54, 1.807) is 12.1 Å². The van der Waals surface area contributed by atoms with E-state index >= 15 is 0 Å². The second-order valence-corrected chi connectivity index (χ2v) is 4.82. The Kier molecular flexibility index (Phi) is 4.29. The quantitative estimate of drug-likeness (QED) is 0.485. The maximum absolute atomic E-state index is 10.9. The average Bonchev–Trinajstić information content (AvgIpc) is 2.43. The molecule has 1 heterocycles.